The summed E-state index contributed by atoms with van der Waals surface area (Å²) in [6.45, 7) is 4.69. The van der Waals surface area contributed by atoms with Crippen LogP contribution in [0.25, 0.3) is 16.5 Å². The second kappa shape index (κ2) is 5.77. The molecule has 1 aromatic heterocycles. The highest BCUT2D eigenvalue weighted by Crippen LogP contribution is 2.29. The van der Waals surface area contributed by atoms with Gasteiger partial charge in [-0.3, -0.25) is 0 Å². The van der Waals surface area contributed by atoms with Gasteiger partial charge in [0.15, 0.2) is 0 Å². The first-order chi connectivity index (χ1) is 10.6. The maximum atomic E-state index is 10.0. The average Bonchev–Trinajstić information content (AvgIpc) is 2.89. The first kappa shape index (κ1) is 14.5. The van der Waals surface area contributed by atoms with E-state index in [4.69, 9.17) is 5.73 Å². The molecular weight excluding hydrogens is 276 g/mol. The molecule has 0 saturated carbocycles. The van der Waals surface area contributed by atoms with E-state index in [0.29, 0.717) is 12.5 Å². The Bertz CT molecular complexity index is 808. The molecule has 0 radical (unpaired) electrons. The standard InChI is InChI=1S/C17H20N4O/c1-11(2)9-16-14(10-18)19-20-21(16)15-7-3-6-13-12(15)5-4-8-17(13)22/h3-8,11,22H,9-10,18H2,1-2H3. The van der Waals surface area contributed by atoms with Crippen molar-refractivity contribution in [3.8, 4) is 11.4 Å². The van der Waals surface area contributed by atoms with Crippen molar-refractivity contribution in [2.75, 3.05) is 0 Å². The van der Waals surface area contributed by atoms with Gasteiger partial charge < -0.3 is 10.8 Å². The number of phenolic OH excluding ortho intramolecular Hbond substituents is 1. The third kappa shape index (κ3) is 2.44. The van der Waals surface area contributed by atoms with Crippen molar-refractivity contribution < 1.29 is 5.11 Å². The molecule has 3 rings (SSSR count). The fraction of sp³-hybridized carbons (Fsp3) is 0.294. The van der Waals surface area contributed by atoms with Crippen LogP contribution in [0.4, 0.5) is 0 Å². The van der Waals surface area contributed by atoms with Crippen molar-refractivity contribution in [3.05, 3.63) is 47.8 Å². The van der Waals surface area contributed by atoms with Crippen LogP contribution in [-0.2, 0) is 13.0 Å². The van der Waals surface area contributed by atoms with Crippen molar-refractivity contribution in [2.24, 2.45) is 11.7 Å². The molecule has 3 N–H and O–H groups in total. The van der Waals surface area contributed by atoms with Gasteiger partial charge >= 0.3 is 0 Å². The van der Waals surface area contributed by atoms with E-state index in [1.165, 1.54) is 0 Å². The molecule has 5 nitrogen and oxygen atoms in total. The Morgan fingerprint density at radius 3 is 2.59 bits per heavy atom. The molecule has 0 aliphatic heterocycles. The number of phenols is 1. The molecule has 0 unspecified atom stereocenters. The Morgan fingerprint density at radius 1 is 1.14 bits per heavy atom. The maximum absolute atomic E-state index is 10.0. The van der Waals surface area contributed by atoms with E-state index < -0.39 is 0 Å². The molecule has 0 bridgehead atoms. The molecule has 0 fully saturated rings. The monoisotopic (exact) mass is 296 g/mol. The van der Waals surface area contributed by atoms with Crippen LogP contribution in [0.1, 0.15) is 25.2 Å². The minimum absolute atomic E-state index is 0.268. The summed E-state index contributed by atoms with van der Waals surface area (Å²) in [5, 5.41) is 20.3. The van der Waals surface area contributed by atoms with Crippen molar-refractivity contribution in [1.29, 1.82) is 0 Å². The van der Waals surface area contributed by atoms with E-state index in [0.717, 1.165) is 34.3 Å². The van der Waals surface area contributed by atoms with Gasteiger partial charge in [-0.1, -0.05) is 43.3 Å². The summed E-state index contributed by atoms with van der Waals surface area (Å²) in [6, 6.07) is 11.3. The van der Waals surface area contributed by atoms with Crippen LogP contribution >= 0.6 is 0 Å². The second-order valence-corrected chi connectivity index (χ2v) is 5.85. The van der Waals surface area contributed by atoms with Crippen molar-refractivity contribution >= 4 is 10.8 Å². The number of benzene rings is 2. The summed E-state index contributed by atoms with van der Waals surface area (Å²) in [4.78, 5) is 0. The van der Waals surface area contributed by atoms with Crippen LogP contribution < -0.4 is 5.73 Å². The molecule has 22 heavy (non-hydrogen) atoms. The lowest BCUT2D eigenvalue weighted by Gasteiger charge is -2.12. The van der Waals surface area contributed by atoms with E-state index >= 15 is 0 Å². The minimum Gasteiger partial charge on any atom is -0.507 e. The molecule has 1 heterocycles. The summed E-state index contributed by atoms with van der Waals surface area (Å²) < 4.78 is 1.85. The number of aromatic nitrogens is 3. The lowest BCUT2D eigenvalue weighted by atomic mass is 10.0. The van der Waals surface area contributed by atoms with Gasteiger partial charge in [0.05, 0.1) is 17.1 Å². The van der Waals surface area contributed by atoms with E-state index in [1.54, 1.807) is 6.07 Å². The van der Waals surface area contributed by atoms with Gasteiger partial charge in [-0.2, -0.15) is 0 Å². The number of hydrogen-bond acceptors (Lipinski definition) is 4. The molecule has 0 saturated heterocycles. The third-order valence-corrected chi connectivity index (χ3v) is 3.74. The number of hydrogen-bond donors (Lipinski definition) is 2. The first-order valence-corrected chi connectivity index (χ1v) is 7.46. The molecule has 0 atom stereocenters. The van der Waals surface area contributed by atoms with Crippen LogP contribution in [0.2, 0.25) is 0 Å². The number of aromatic hydroxyl groups is 1. The topological polar surface area (TPSA) is 77.0 Å². The quantitative estimate of drug-likeness (QED) is 0.776. The van der Waals surface area contributed by atoms with Gasteiger partial charge in [0.25, 0.3) is 0 Å². The molecule has 2 aromatic carbocycles. The lowest BCUT2D eigenvalue weighted by molar-refractivity contribution is 0.481. The molecule has 0 aliphatic rings. The number of fused-ring (bicyclic) bond motifs is 1. The van der Waals surface area contributed by atoms with Crippen LogP contribution in [0.15, 0.2) is 36.4 Å². The van der Waals surface area contributed by atoms with Crippen molar-refractivity contribution in [2.45, 2.75) is 26.8 Å². The average molecular weight is 296 g/mol. The van der Waals surface area contributed by atoms with E-state index in [2.05, 4.69) is 24.2 Å². The normalized spacial score (nSPS) is 11.5. The van der Waals surface area contributed by atoms with Gasteiger partial charge in [0.1, 0.15) is 5.75 Å². The molecule has 114 valence electrons. The van der Waals surface area contributed by atoms with Gasteiger partial charge in [-0.25, -0.2) is 4.68 Å². The summed E-state index contributed by atoms with van der Waals surface area (Å²) in [5.41, 5.74) is 8.57. The Kier molecular flexibility index (Phi) is 3.81. The molecule has 5 heteroatoms. The van der Waals surface area contributed by atoms with Crippen molar-refractivity contribution in [3.63, 3.8) is 0 Å². The summed E-state index contributed by atoms with van der Waals surface area (Å²) in [6.07, 6.45) is 0.856. The Morgan fingerprint density at radius 2 is 1.86 bits per heavy atom. The number of nitrogens with two attached hydrogens (primary N) is 1. The molecular formula is C17H20N4O. The number of rotatable bonds is 4. The SMILES string of the molecule is CC(C)Cc1c(CN)nnn1-c1cccc2c(O)cccc12. The smallest absolute Gasteiger partial charge is 0.123 e. The van der Waals surface area contributed by atoms with Crippen LogP contribution in [0.3, 0.4) is 0 Å². The highest BCUT2D eigenvalue weighted by molar-refractivity contribution is 5.94. The van der Waals surface area contributed by atoms with Gasteiger partial charge in [0.2, 0.25) is 0 Å². The fourth-order valence-electron chi connectivity index (χ4n) is 2.74. The molecule has 0 amide bonds. The Labute approximate surface area is 129 Å². The van der Waals surface area contributed by atoms with Crippen LogP contribution in [0.5, 0.6) is 5.75 Å². The van der Waals surface area contributed by atoms with Crippen LogP contribution in [0, 0.1) is 5.92 Å². The summed E-state index contributed by atoms with van der Waals surface area (Å²) >= 11 is 0. The zero-order chi connectivity index (χ0) is 15.7. The molecule has 3 aromatic rings. The Balaban J connectivity index is 2.24. The highest BCUT2D eigenvalue weighted by atomic mass is 16.3. The molecule has 0 spiro atoms. The van der Waals surface area contributed by atoms with E-state index in [-0.39, 0.29) is 5.75 Å². The molecule has 0 aliphatic carbocycles. The van der Waals surface area contributed by atoms with Gasteiger partial charge in [-0.05, 0) is 24.5 Å². The largest absolute Gasteiger partial charge is 0.507 e. The summed E-state index contributed by atoms with van der Waals surface area (Å²) in [7, 11) is 0. The third-order valence-electron chi connectivity index (χ3n) is 3.74. The van der Waals surface area contributed by atoms with Crippen LogP contribution in [-0.4, -0.2) is 20.1 Å². The zero-order valence-electron chi connectivity index (χ0n) is 12.8. The minimum atomic E-state index is 0.268. The maximum Gasteiger partial charge on any atom is 0.123 e. The number of nitrogens with zero attached hydrogens (tertiary/aromatic N) is 3. The van der Waals surface area contributed by atoms with E-state index in [1.807, 2.05) is 35.0 Å². The predicted molar refractivity (Wildman–Crippen MR) is 87.0 cm³/mol. The van der Waals surface area contributed by atoms with Gasteiger partial charge in [0, 0.05) is 17.3 Å². The zero-order valence-corrected chi connectivity index (χ0v) is 12.8. The second-order valence-electron chi connectivity index (χ2n) is 5.85. The van der Waals surface area contributed by atoms with Gasteiger partial charge in [-0.15, -0.1) is 5.10 Å². The first-order valence-electron chi connectivity index (χ1n) is 7.46. The lowest BCUT2D eigenvalue weighted by Crippen LogP contribution is -2.09. The van der Waals surface area contributed by atoms with E-state index in [9.17, 15) is 5.11 Å². The predicted octanol–water partition coefficient (Wildman–Crippen LogP) is 2.78. The van der Waals surface area contributed by atoms with Crippen molar-refractivity contribution in [1.82, 2.24) is 15.0 Å². The Hall–Kier alpha value is -2.40. The highest BCUT2D eigenvalue weighted by Gasteiger charge is 2.16. The fourth-order valence-corrected chi connectivity index (χ4v) is 2.74. The summed E-state index contributed by atoms with van der Waals surface area (Å²) in [5.74, 6) is 0.745.